The van der Waals surface area contributed by atoms with Crippen molar-refractivity contribution >= 4 is 27.7 Å². The summed E-state index contributed by atoms with van der Waals surface area (Å²) in [6, 6.07) is 13.4. The van der Waals surface area contributed by atoms with E-state index in [0.29, 0.717) is 11.1 Å². The van der Waals surface area contributed by atoms with Crippen molar-refractivity contribution in [2.24, 2.45) is 0 Å². The number of esters is 1. The molecule has 0 aromatic heterocycles. The van der Waals surface area contributed by atoms with Gasteiger partial charge in [-0.05, 0) is 17.7 Å². The van der Waals surface area contributed by atoms with Gasteiger partial charge in [-0.25, -0.2) is 18.0 Å². The van der Waals surface area contributed by atoms with Gasteiger partial charge in [0.15, 0.2) is 9.84 Å². The first-order valence-electron chi connectivity index (χ1n) is 8.25. The average Bonchev–Trinajstić information content (AvgIpc) is 2.65. The molecule has 3 amide bonds. The first kappa shape index (κ1) is 21.1. The minimum Gasteiger partial charge on any atom is -0.444 e. The second-order valence-electron chi connectivity index (χ2n) is 6.03. The zero-order chi connectivity index (χ0) is 20.7. The molecule has 2 rings (SSSR count). The monoisotopic (exact) mass is 404 g/mol. The number of urea groups is 1. The number of ether oxygens (including phenoxy) is 1. The van der Waals surface area contributed by atoms with Crippen molar-refractivity contribution < 1.29 is 27.5 Å². The van der Waals surface area contributed by atoms with E-state index in [0.717, 1.165) is 6.26 Å². The Morgan fingerprint density at radius 3 is 2.14 bits per heavy atom. The lowest BCUT2D eigenvalue weighted by Crippen LogP contribution is -2.41. The van der Waals surface area contributed by atoms with Crippen molar-refractivity contribution in [1.29, 1.82) is 0 Å². The lowest BCUT2D eigenvalue weighted by molar-refractivity contribution is -0.129. The summed E-state index contributed by atoms with van der Waals surface area (Å²) in [5.74, 6) is -1.73. The third kappa shape index (κ3) is 6.20. The molecule has 0 bridgehead atoms. The van der Waals surface area contributed by atoms with Crippen molar-refractivity contribution in [3.05, 3.63) is 71.3 Å². The first-order valence-corrected chi connectivity index (χ1v) is 10.3. The molecule has 0 heterocycles. The average molecular weight is 404 g/mol. The van der Waals surface area contributed by atoms with E-state index in [9.17, 15) is 22.8 Å². The Kier molecular flexibility index (Phi) is 6.89. The quantitative estimate of drug-likeness (QED) is 0.706. The van der Waals surface area contributed by atoms with E-state index in [4.69, 9.17) is 4.74 Å². The highest BCUT2D eigenvalue weighted by Crippen LogP contribution is 2.20. The third-order valence-electron chi connectivity index (χ3n) is 3.65. The highest BCUT2D eigenvalue weighted by atomic mass is 32.2. The molecule has 1 atom stereocenters. The van der Waals surface area contributed by atoms with Gasteiger partial charge in [0.1, 0.15) is 0 Å². The fourth-order valence-electron chi connectivity index (χ4n) is 2.36. The number of hydrogen-bond acceptors (Lipinski definition) is 6. The van der Waals surface area contributed by atoms with Crippen molar-refractivity contribution in [2.75, 3.05) is 13.3 Å². The number of rotatable bonds is 6. The van der Waals surface area contributed by atoms with Crippen LogP contribution < -0.4 is 10.6 Å². The third-order valence-corrected chi connectivity index (χ3v) is 4.51. The highest BCUT2D eigenvalue weighted by molar-refractivity contribution is 7.89. The number of amides is 3. The van der Waals surface area contributed by atoms with Crippen LogP contribution in [0.5, 0.6) is 0 Å². The Balaban J connectivity index is 2.20. The van der Waals surface area contributed by atoms with Crippen LogP contribution in [-0.2, 0) is 25.1 Å². The Morgan fingerprint density at radius 2 is 1.61 bits per heavy atom. The molecule has 0 aliphatic carbocycles. The molecule has 0 aliphatic rings. The predicted octanol–water partition coefficient (Wildman–Crippen LogP) is 1.58. The molecular weight excluding hydrogens is 384 g/mol. The van der Waals surface area contributed by atoms with Crippen LogP contribution in [0.25, 0.3) is 0 Å². The molecule has 8 nitrogen and oxygen atoms in total. The van der Waals surface area contributed by atoms with Crippen LogP contribution in [0.3, 0.4) is 0 Å². The summed E-state index contributed by atoms with van der Waals surface area (Å²) in [5, 5.41) is 4.34. The molecule has 9 heteroatoms. The number of nitrogens with one attached hydrogen (secondary N) is 2. The lowest BCUT2D eigenvalue weighted by atomic mass is 10.1. The second kappa shape index (κ2) is 9.14. The molecule has 28 heavy (non-hydrogen) atoms. The van der Waals surface area contributed by atoms with E-state index >= 15 is 0 Å². The van der Waals surface area contributed by atoms with Gasteiger partial charge in [0.2, 0.25) is 6.10 Å². The van der Waals surface area contributed by atoms with Gasteiger partial charge in [-0.2, -0.15) is 0 Å². The summed E-state index contributed by atoms with van der Waals surface area (Å²) >= 11 is 0. The van der Waals surface area contributed by atoms with Crippen molar-refractivity contribution in [2.45, 2.75) is 11.9 Å². The van der Waals surface area contributed by atoms with Crippen LogP contribution in [0.2, 0.25) is 0 Å². The molecule has 0 unspecified atom stereocenters. The van der Waals surface area contributed by atoms with Gasteiger partial charge in [-0.1, -0.05) is 42.5 Å². The summed E-state index contributed by atoms with van der Waals surface area (Å²) in [6.45, 7) is 0. The molecule has 2 N–H and O–H groups in total. The normalized spacial score (nSPS) is 11.9. The van der Waals surface area contributed by atoms with Gasteiger partial charge < -0.3 is 10.1 Å². The Hall–Kier alpha value is -3.20. The zero-order valence-electron chi connectivity index (χ0n) is 15.3. The summed E-state index contributed by atoms with van der Waals surface area (Å²) in [5.41, 5.74) is 1.06. The Bertz CT molecular complexity index is 956. The van der Waals surface area contributed by atoms with Gasteiger partial charge in [-0.15, -0.1) is 0 Å². The second-order valence-corrected chi connectivity index (χ2v) is 8.17. The number of carbonyl (C=O) groups is 3. The van der Waals surface area contributed by atoms with E-state index in [1.807, 2.05) is 0 Å². The molecule has 2 aromatic rings. The maximum Gasteiger partial charge on any atom is 0.339 e. The van der Waals surface area contributed by atoms with Crippen LogP contribution in [0, 0.1) is 0 Å². The van der Waals surface area contributed by atoms with E-state index in [-0.39, 0.29) is 11.3 Å². The predicted molar refractivity (Wildman–Crippen MR) is 102 cm³/mol. The maximum atomic E-state index is 12.5. The Morgan fingerprint density at radius 1 is 1.00 bits per heavy atom. The van der Waals surface area contributed by atoms with Crippen LogP contribution in [0.1, 0.15) is 27.6 Å². The SMILES string of the molecule is CNC(=O)NC(=O)[C@H](OC(=O)c1ccc(CS(C)(=O)=O)cc1)c1ccccc1. The molecule has 0 fully saturated rings. The molecule has 2 aromatic carbocycles. The zero-order valence-corrected chi connectivity index (χ0v) is 16.2. The lowest BCUT2D eigenvalue weighted by Gasteiger charge is -2.17. The largest absolute Gasteiger partial charge is 0.444 e. The van der Waals surface area contributed by atoms with Gasteiger partial charge in [0, 0.05) is 18.9 Å². The number of imide groups is 1. The summed E-state index contributed by atoms with van der Waals surface area (Å²) in [6.07, 6.45) is -0.216. The summed E-state index contributed by atoms with van der Waals surface area (Å²) in [4.78, 5) is 36.3. The van der Waals surface area contributed by atoms with E-state index < -0.39 is 33.8 Å². The number of hydrogen-bond donors (Lipinski definition) is 2. The van der Waals surface area contributed by atoms with Crippen LogP contribution in [-0.4, -0.2) is 39.6 Å². The van der Waals surface area contributed by atoms with Gasteiger partial charge >= 0.3 is 12.0 Å². The Labute approximate surface area is 162 Å². The number of carbonyl (C=O) groups excluding carboxylic acids is 3. The molecule has 0 saturated heterocycles. The van der Waals surface area contributed by atoms with Crippen molar-refractivity contribution in [3.8, 4) is 0 Å². The molecule has 0 radical (unpaired) electrons. The smallest absolute Gasteiger partial charge is 0.339 e. The minimum absolute atomic E-state index is 0.144. The standard InChI is InChI=1S/C19H20N2O6S/c1-20-19(24)21-17(22)16(14-6-4-3-5-7-14)27-18(23)15-10-8-13(9-11-15)12-28(2,25)26/h3-11,16H,12H2,1-2H3,(H2,20,21,22,24)/t16-/m1/s1. The van der Waals surface area contributed by atoms with Gasteiger partial charge in [-0.3, -0.25) is 10.1 Å². The fraction of sp³-hybridized carbons (Fsp3) is 0.211. The molecule has 0 spiro atoms. The highest BCUT2D eigenvalue weighted by Gasteiger charge is 2.27. The number of sulfone groups is 1. The summed E-state index contributed by atoms with van der Waals surface area (Å²) < 4.78 is 28.0. The van der Waals surface area contributed by atoms with Crippen LogP contribution in [0.15, 0.2) is 54.6 Å². The van der Waals surface area contributed by atoms with Crippen LogP contribution >= 0.6 is 0 Å². The molecule has 148 valence electrons. The van der Waals surface area contributed by atoms with Crippen LogP contribution in [0.4, 0.5) is 4.79 Å². The van der Waals surface area contributed by atoms with E-state index in [1.54, 1.807) is 30.3 Å². The topological polar surface area (TPSA) is 119 Å². The van der Waals surface area contributed by atoms with Crippen molar-refractivity contribution in [1.82, 2.24) is 10.6 Å². The molecular formula is C19H20N2O6S. The van der Waals surface area contributed by atoms with Gasteiger partial charge in [0.05, 0.1) is 11.3 Å². The molecule has 0 aliphatic heterocycles. The van der Waals surface area contributed by atoms with Gasteiger partial charge in [0.25, 0.3) is 5.91 Å². The summed E-state index contributed by atoms with van der Waals surface area (Å²) in [7, 11) is -1.85. The van der Waals surface area contributed by atoms with Crippen molar-refractivity contribution in [3.63, 3.8) is 0 Å². The minimum atomic E-state index is -3.20. The number of benzene rings is 2. The molecule has 0 saturated carbocycles. The van der Waals surface area contributed by atoms with E-state index in [1.165, 1.54) is 31.3 Å². The first-order chi connectivity index (χ1) is 13.2. The van der Waals surface area contributed by atoms with E-state index in [2.05, 4.69) is 10.6 Å². The fourth-order valence-corrected chi connectivity index (χ4v) is 3.15. The maximum absolute atomic E-state index is 12.5.